The standard InChI is InChI=1S/C17H19ClN4O2/c1-10(12-5-4-6-14(7-12)21-11(2)23)20-17(24)13-8-15(18)22-16(9-13)19-3/h4-10H,1-3H3,(H,19,22)(H,20,24)(H,21,23). The van der Waals surface area contributed by atoms with Gasteiger partial charge in [0, 0.05) is 25.2 Å². The van der Waals surface area contributed by atoms with Gasteiger partial charge in [0.2, 0.25) is 5.91 Å². The van der Waals surface area contributed by atoms with Crippen LogP contribution in [0.4, 0.5) is 11.5 Å². The molecule has 3 N–H and O–H groups in total. The van der Waals surface area contributed by atoms with Gasteiger partial charge in [-0.25, -0.2) is 4.98 Å². The van der Waals surface area contributed by atoms with Crippen LogP contribution < -0.4 is 16.0 Å². The van der Waals surface area contributed by atoms with Gasteiger partial charge in [0.25, 0.3) is 5.91 Å². The number of anilines is 2. The Morgan fingerprint density at radius 1 is 1.21 bits per heavy atom. The Morgan fingerprint density at radius 3 is 2.62 bits per heavy atom. The second kappa shape index (κ2) is 7.79. The van der Waals surface area contributed by atoms with Crippen LogP contribution in [-0.4, -0.2) is 23.8 Å². The molecule has 24 heavy (non-hydrogen) atoms. The van der Waals surface area contributed by atoms with Crippen molar-refractivity contribution in [1.82, 2.24) is 10.3 Å². The molecule has 1 atom stereocenters. The van der Waals surface area contributed by atoms with Crippen LogP contribution in [-0.2, 0) is 4.79 Å². The number of benzene rings is 1. The van der Waals surface area contributed by atoms with Crippen molar-refractivity contribution < 1.29 is 9.59 Å². The maximum Gasteiger partial charge on any atom is 0.251 e. The summed E-state index contributed by atoms with van der Waals surface area (Å²) in [5, 5.41) is 8.73. The first-order valence-electron chi connectivity index (χ1n) is 7.43. The second-order valence-electron chi connectivity index (χ2n) is 5.32. The Hall–Kier alpha value is -2.60. The average molecular weight is 347 g/mol. The van der Waals surface area contributed by atoms with Gasteiger partial charge >= 0.3 is 0 Å². The lowest BCUT2D eigenvalue weighted by molar-refractivity contribution is -0.114. The van der Waals surface area contributed by atoms with Gasteiger partial charge in [0.05, 0.1) is 6.04 Å². The first-order valence-corrected chi connectivity index (χ1v) is 7.80. The van der Waals surface area contributed by atoms with E-state index in [0.717, 1.165) is 5.56 Å². The van der Waals surface area contributed by atoms with E-state index in [1.54, 1.807) is 19.2 Å². The number of hydrogen-bond donors (Lipinski definition) is 3. The molecule has 0 bridgehead atoms. The number of carbonyl (C=O) groups excluding carboxylic acids is 2. The molecule has 0 spiro atoms. The molecule has 0 radical (unpaired) electrons. The number of carbonyl (C=O) groups is 2. The minimum atomic E-state index is -0.256. The Kier molecular flexibility index (Phi) is 5.76. The highest BCUT2D eigenvalue weighted by Gasteiger charge is 2.14. The zero-order chi connectivity index (χ0) is 17.7. The smallest absolute Gasteiger partial charge is 0.251 e. The highest BCUT2D eigenvalue weighted by atomic mass is 35.5. The van der Waals surface area contributed by atoms with Gasteiger partial charge < -0.3 is 16.0 Å². The number of pyridine rings is 1. The lowest BCUT2D eigenvalue weighted by atomic mass is 10.1. The molecule has 2 aromatic rings. The minimum absolute atomic E-state index is 0.144. The topological polar surface area (TPSA) is 83.1 Å². The summed E-state index contributed by atoms with van der Waals surface area (Å²) in [6.45, 7) is 3.32. The summed E-state index contributed by atoms with van der Waals surface area (Å²) < 4.78 is 0. The molecule has 2 rings (SSSR count). The molecule has 1 heterocycles. The maximum absolute atomic E-state index is 12.4. The van der Waals surface area contributed by atoms with E-state index in [2.05, 4.69) is 20.9 Å². The van der Waals surface area contributed by atoms with E-state index in [9.17, 15) is 9.59 Å². The molecule has 0 aliphatic heterocycles. The van der Waals surface area contributed by atoms with Crippen LogP contribution in [0.25, 0.3) is 0 Å². The number of hydrogen-bond acceptors (Lipinski definition) is 4. The number of aromatic nitrogens is 1. The number of nitrogens with zero attached hydrogens (tertiary/aromatic N) is 1. The fourth-order valence-electron chi connectivity index (χ4n) is 2.21. The maximum atomic E-state index is 12.4. The van der Waals surface area contributed by atoms with Crippen LogP contribution in [0.15, 0.2) is 36.4 Å². The molecule has 1 aromatic heterocycles. The minimum Gasteiger partial charge on any atom is -0.373 e. The third-order valence-corrected chi connectivity index (χ3v) is 3.56. The van der Waals surface area contributed by atoms with Gasteiger partial charge in [0.15, 0.2) is 0 Å². The molecule has 2 amide bonds. The third kappa shape index (κ3) is 4.70. The van der Waals surface area contributed by atoms with E-state index < -0.39 is 0 Å². The van der Waals surface area contributed by atoms with Crippen LogP contribution in [0.2, 0.25) is 5.15 Å². The summed E-state index contributed by atoms with van der Waals surface area (Å²) in [5.74, 6) is 0.121. The predicted octanol–water partition coefficient (Wildman–Crippen LogP) is 3.23. The van der Waals surface area contributed by atoms with Crippen LogP contribution in [0.1, 0.15) is 35.8 Å². The molecule has 6 nitrogen and oxygen atoms in total. The molecular weight excluding hydrogens is 328 g/mol. The number of nitrogens with one attached hydrogen (secondary N) is 3. The van der Waals surface area contributed by atoms with Gasteiger partial charge in [-0.15, -0.1) is 0 Å². The van der Waals surface area contributed by atoms with Gasteiger partial charge in [-0.1, -0.05) is 23.7 Å². The van der Waals surface area contributed by atoms with E-state index in [-0.39, 0.29) is 23.0 Å². The van der Waals surface area contributed by atoms with Crippen LogP contribution in [0, 0.1) is 0 Å². The average Bonchev–Trinajstić information content (AvgIpc) is 2.53. The lowest BCUT2D eigenvalue weighted by Crippen LogP contribution is -2.27. The molecule has 0 saturated heterocycles. The Morgan fingerprint density at radius 2 is 1.96 bits per heavy atom. The van der Waals surface area contributed by atoms with Gasteiger partial charge in [-0.2, -0.15) is 0 Å². The van der Waals surface area contributed by atoms with Crippen molar-refractivity contribution in [3.05, 3.63) is 52.7 Å². The largest absolute Gasteiger partial charge is 0.373 e. The fraction of sp³-hybridized carbons (Fsp3) is 0.235. The van der Waals surface area contributed by atoms with E-state index in [4.69, 9.17) is 11.6 Å². The quantitative estimate of drug-likeness (QED) is 0.726. The highest BCUT2D eigenvalue weighted by Crippen LogP contribution is 2.19. The first kappa shape index (κ1) is 17.7. The van der Waals surface area contributed by atoms with Gasteiger partial charge in [-0.3, -0.25) is 9.59 Å². The molecule has 7 heteroatoms. The van der Waals surface area contributed by atoms with Crippen molar-refractivity contribution in [2.24, 2.45) is 0 Å². The van der Waals surface area contributed by atoms with E-state index in [1.807, 2.05) is 25.1 Å². The van der Waals surface area contributed by atoms with E-state index in [0.29, 0.717) is 17.1 Å². The molecule has 0 saturated carbocycles. The van der Waals surface area contributed by atoms with Crippen LogP contribution in [0.3, 0.4) is 0 Å². The summed E-state index contributed by atoms with van der Waals surface area (Å²) >= 11 is 5.92. The summed E-state index contributed by atoms with van der Waals surface area (Å²) in [5.41, 5.74) is 1.98. The van der Waals surface area contributed by atoms with Gasteiger partial charge in [0.1, 0.15) is 11.0 Å². The summed E-state index contributed by atoms with van der Waals surface area (Å²) in [6, 6.07) is 10.2. The van der Waals surface area contributed by atoms with Crippen molar-refractivity contribution in [2.75, 3.05) is 17.7 Å². The molecule has 0 aliphatic rings. The fourth-order valence-corrected chi connectivity index (χ4v) is 2.42. The molecule has 0 fully saturated rings. The summed E-state index contributed by atoms with van der Waals surface area (Å²) in [6.07, 6.45) is 0. The Labute approximate surface area is 145 Å². The zero-order valence-electron chi connectivity index (χ0n) is 13.7. The van der Waals surface area contributed by atoms with Crippen molar-refractivity contribution in [3.63, 3.8) is 0 Å². The van der Waals surface area contributed by atoms with Crippen molar-refractivity contribution in [2.45, 2.75) is 19.9 Å². The Bertz CT molecular complexity index is 764. The number of amides is 2. The highest BCUT2D eigenvalue weighted by molar-refractivity contribution is 6.29. The van der Waals surface area contributed by atoms with Crippen LogP contribution in [0.5, 0.6) is 0 Å². The monoisotopic (exact) mass is 346 g/mol. The second-order valence-corrected chi connectivity index (χ2v) is 5.70. The van der Waals surface area contributed by atoms with Crippen LogP contribution >= 0.6 is 11.6 Å². The number of rotatable bonds is 5. The molecule has 1 unspecified atom stereocenters. The summed E-state index contributed by atoms with van der Waals surface area (Å²) in [4.78, 5) is 27.6. The third-order valence-electron chi connectivity index (χ3n) is 3.37. The zero-order valence-corrected chi connectivity index (χ0v) is 14.4. The predicted molar refractivity (Wildman–Crippen MR) is 95.4 cm³/mol. The van der Waals surface area contributed by atoms with E-state index in [1.165, 1.54) is 13.0 Å². The van der Waals surface area contributed by atoms with Crippen molar-refractivity contribution in [1.29, 1.82) is 0 Å². The normalized spacial score (nSPS) is 11.5. The van der Waals surface area contributed by atoms with Gasteiger partial charge in [-0.05, 0) is 36.8 Å². The molecular formula is C17H19ClN4O2. The number of halogens is 1. The molecule has 1 aromatic carbocycles. The summed E-state index contributed by atoms with van der Waals surface area (Å²) in [7, 11) is 1.70. The lowest BCUT2D eigenvalue weighted by Gasteiger charge is -2.16. The SMILES string of the molecule is CNc1cc(C(=O)NC(C)c2cccc(NC(C)=O)c2)cc(Cl)n1. The first-order chi connectivity index (χ1) is 11.4. The molecule has 126 valence electrons. The van der Waals surface area contributed by atoms with E-state index >= 15 is 0 Å². The van der Waals surface area contributed by atoms with Crippen molar-refractivity contribution >= 4 is 34.9 Å². The molecule has 0 aliphatic carbocycles. The van der Waals surface area contributed by atoms with Crippen molar-refractivity contribution in [3.8, 4) is 0 Å². The Balaban J connectivity index is 2.14.